The van der Waals surface area contributed by atoms with Crippen molar-refractivity contribution in [3.05, 3.63) is 0 Å². The number of nitrogens with one attached hydrogen (secondary N) is 1. The molecule has 1 saturated heterocycles. The van der Waals surface area contributed by atoms with Gasteiger partial charge in [-0.1, -0.05) is 6.92 Å². The molecule has 0 aromatic rings. The standard InChI is InChI=1S/C15H28N2O3S/c1-4-17(12(3)11-21(19,20)5-2)14(18)13-10-15(13)6-8-16-9-7-15/h12-13,16H,4-11H2,1-3H3. The molecule has 1 heterocycles. The van der Waals surface area contributed by atoms with Crippen LogP contribution in [0.25, 0.3) is 0 Å². The lowest BCUT2D eigenvalue weighted by Crippen LogP contribution is -2.44. The largest absolute Gasteiger partial charge is 0.339 e. The number of sulfone groups is 1. The molecule has 1 amide bonds. The Kier molecular flexibility index (Phi) is 4.98. The predicted octanol–water partition coefficient (Wildman–Crippen LogP) is 1.05. The normalized spacial score (nSPS) is 25.6. The number of nitrogens with zero attached hydrogens (tertiary/aromatic N) is 1. The molecule has 0 aromatic carbocycles. The zero-order chi connectivity index (χ0) is 15.7. The second kappa shape index (κ2) is 6.24. The van der Waals surface area contributed by atoms with Gasteiger partial charge in [-0.15, -0.1) is 0 Å². The molecule has 2 unspecified atom stereocenters. The summed E-state index contributed by atoms with van der Waals surface area (Å²) in [4.78, 5) is 14.5. The van der Waals surface area contributed by atoms with Crippen LogP contribution in [0.5, 0.6) is 0 Å². The molecule has 1 aliphatic carbocycles. The van der Waals surface area contributed by atoms with Crippen LogP contribution < -0.4 is 5.32 Å². The molecule has 0 aromatic heterocycles. The summed E-state index contributed by atoms with van der Waals surface area (Å²) in [6.45, 7) is 8.02. The minimum atomic E-state index is -3.05. The predicted molar refractivity (Wildman–Crippen MR) is 83.8 cm³/mol. The van der Waals surface area contributed by atoms with Gasteiger partial charge in [-0.3, -0.25) is 4.79 Å². The van der Waals surface area contributed by atoms with Crippen molar-refractivity contribution in [1.29, 1.82) is 0 Å². The van der Waals surface area contributed by atoms with Crippen molar-refractivity contribution in [2.24, 2.45) is 11.3 Å². The first kappa shape index (κ1) is 16.7. The first-order chi connectivity index (χ1) is 9.85. The number of carbonyl (C=O) groups excluding carboxylic acids is 1. The van der Waals surface area contributed by atoms with Gasteiger partial charge in [-0.25, -0.2) is 8.42 Å². The van der Waals surface area contributed by atoms with Gasteiger partial charge in [-0.05, 0) is 51.6 Å². The maximum atomic E-state index is 12.7. The molecule has 1 N–H and O–H groups in total. The third kappa shape index (κ3) is 3.59. The molecule has 1 aliphatic heterocycles. The number of hydrogen-bond acceptors (Lipinski definition) is 4. The molecule has 21 heavy (non-hydrogen) atoms. The molecule has 1 saturated carbocycles. The third-order valence-electron chi connectivity index (χ3n) is 5.18. The van der Waals surface area contributed by atoms with Crippen LogP contribution in [0.3, 0.4) is 0 Å². The highest BCUT2D eigenvalue weighted by atomic mass is 32.2. The third-order valence-corrected chi connectivity index (χ3v) is 7.05. The van der Waals surface area contributed by atoms with Crippen LogP contribution in [0.15, 0.2) is 0 Å². The summed E-state index contributed by atoms with van der Waals surface area (Å²) < 4.78 is 23.6. The first-order valence-electron chi connectivity index (χ1n) is 8.07. The summed E-state index contributed by atoms with van der Waals surface area (Å²) >= 11 is 0. The van der Waals surface area contributed by atoms with E-state index in [1.807, 2.05) is 13.8 Å². The zero-order valence-corrected chi connectivity index (χ0v) is 14.2. The van der Waals surface area contributed by atoms with Gasteiger partial charge in [0.1, 0.15) is 0 Å². The Morgan fingerprint density at radius 2 is 1.95 bits per heavy atom. The zero-order valence-electron chi connectivity index (χ0n) is 13.4. The van der Waals surface area contributed by atoms with Crippen molar-refractivity contribution in [3.8, 4) is 0 Å². The lowest BCUT2D eigenvalue weighted by atomic mass is 9.91. The lowest BCUT2D eigenvalue weighted by Gasteiger charge is -2.30. The van der Waals surface area contributed by atoms with Crippen LogP contribution in [-0.4, -0.2) is 56.4 Å². The van der Waals surface area contributed by atoms with Crippen molar-refractivity contribution >= 4 is 15.7 Å². The molecule has 6 heteroatoms. The van der Waals surface area contributed by atoms with Gasteiger partial charge in [0.05, 0.1) is 5.75 Å². The minimum Gasteiger partial charge on any atom is -0.339 e. The first-order valence-corrected chi connectivity index (χ1v) is 9.89. The highest BCUT2D eigenvalue weighted by molar-refractivity contribution is 7.91. The van der Waals surface area contributed by atoms with Crippen LogP contribution >= 0.6 is 0 Å². The number of rotatable bonds is 6. The van der Waals surface area contributed by atoms with Gasteiger partial charge < -0.3 is 10.2 Å². The number of piperidine rings is 1. The molecule has 1 spiro atoms. The molecule has 2 aliphatic rings. The fraction of sp³-hybridized carbons (Fsp3) is 0.933. The van der Waals surface area contributed by atoms with Crippen molar-refractivity contribution in [2.45, 2.75) is 46.1 Å². The Balaban J connectivity index is 1.99. The van der Waals surface area contributed by atoms with E-state index in [9.17, 15) is 13.2 Å². The van der Waals surface area contributed by atoms with Gasteiger partial charge in [0.2, 0.25) is 5.91 Å². The Bertz CT molecular complexity index is 483. The average Bonchev–Trinajstić information content (AvgIpc) is 3.13. The maximum Gasteiger partial charge on any atom is 0.226 e. The molecule has 2 atom stereocenters. The van der Waals surface area contributed by atoms with Crippen molar-refractivity contribution in [2.75, 3.05) is 31.1 Å². The van der Waals surface area contributed by atoms with Crippen LogP contribution in [0.1, 0.15) is 40.0 Å². The maximum absolute atomic E-state index is 12.7. The van der Waals surface area contributed by atoms with E-state index in [1.54, 1.807) is 11.8 Å². The van der Waals surface area contributed by atoms with E-state index in [-0.39, 0.29) is 34.8 Å². The monoisotopic (exact) mass is 316 g/mol. The van der Waals surface area contributed by atoms with E-state index in [2.05, 4.69) is 5.32 Å². The van der Waals surface area contributed by atoms with Gasteiger partial charge in [0, 0.05) is 24.3 Å². The number of amides is 1. The van der Waals surface area contributed by atoms with Gasteiger partial charge in [0.15, 0.2) is 9.84 Å². The molecule has 5 nitrogen and oxygen atoms in total. The second-order valence-corrected chi connectivity index (χ2v) is 8.94. The molecule has 0 bridgehead atoms. The van der Waals surface area contributed by atoms with E-state index < -0.39 is 9.84 Å². The topological polar surface area (TPSA) is 66.5 Å². The van der Waals surface area contributed by atoms with Crippen molar-refractivity contribution in [3.63, 3.8) is 0 Å². The Labute approximate surface area is 128 Å². The van der Waals surface area contributed by atoms with Crippen LogP contribution in [0.4, 0.5) is 0 Å². The van der Waals surface area contributed by atoms with Crippen LogP contribution in [-0.2, 0) is 14.6 Å². The molecular weight excluding hydrogens is 288 g/mol. The molecule has 2 fully saturated rings. The lowest BCUT2D eigenvalue weighted by molar-refractivity contribution is -0.135. The van der Waals surface area contributed by atoms with E-state index in [1.165, 1.54) is 0 Å². The minimum absolute atomic E-state index is 0.0738. The van der Waals surface area contributed by atoms with Crippen molar-refractivity contribution in [1.82, 2.24) is 10.2 Å². The van der Waals surface area contributed by atoms with Crippen LogP contribution in [0, 0.1) is 11.3 Å². The average molecular weight is 316 g/mol. The fourth-order valence-electron chi connectivity index (χ4n) is 3.63. The summed E-state index contributed by atoms with van der Waals surface area (Å²) in [6, 6.07) is -0.230. The second-order valence-electron chi connectivity index (χ2n) is 6.54. The van der Waals surface area contributed by atoms with E-state index in [0.29, 0.717) is 6.54 Å². The molecule has 122 valence electrons. The van der Waals surface area contributed by atoms with Crippen LogP contribution in [0.2, 0.25) is 0 Å². The summed E-state index contributed by atoms with van der Waals surface area (Å²) in [5.74, 6) is 0.497. The Hall–Kier alpha value is -0.620. The number of carbonyl (C=O) groups is 1. The quantitative estimate of drug-likeness (QED) is 0.795. The highest BCUT2D eigenvalue weighted by Crippen LogP contribution is 2.59. The summed E-state index contributed by atoms with van der Waals surface area (Å²) in [5.41, 5.74) is 0.207. The highest BCUT2D eigenvalue weighted by Gasteiger charge is 2.58. The molecule has 0 radical (unpaired) electrons. The smallest absolute Gasteiger partial charge is 0.226 e. The fourth-order valence-corrected chi connectivity index (χ4v) is 4.78. The Morgan fingerprint density at radius 1 is 1.33 bits per heavy atom. The summed E-state index contributed by atoms with van der Waals surface area (Å²) in [5, 5.41) is 3.34. The molecular formula is C15H28N2O3S. The van der Waals surface area contributed by atoms with E-state index in [0.717, 1.165) is 32.4 Å². The van der Waals surface area contributed by atoms with Gasteiger partial charge in [0.25, 0.3) is 0 Å². The Morgan fingerprint density at radius 3 is 2.48 bits per heavy atom. The summed E-state index contributed by atoms with van der Waals surface area (Å²) in [6.07, 6.45) is 3.13. The number of hydrogen-bond donors (Lipinski definition) is 1. The van der Waals surface area contributed by atoms with Gasteiger partial charge in [-0.2, -0.15) is 0 Å². The molecule has 2 rings (SSSR count). The van der Waals surface area contributed by atoms with Gasteiger partial charge >= 0.3 is 0 Å². The SMILES string of the molecule is CCN(C(=O)C1CC12CCNCC2)C(C)CS(=O)(=O)CC. The van der Waals surface area contributed by atoms with Crippen molar-refractivity contribution < 1.29 is 13.2 Å². The van der Waals surface area contributed by atoms with E-state index in [4.69, 9.17) is 0 Å². The van der Waals surface area contributed by atoms with E-state index >= 15 is 0 Å². The summed E-state index contributed by atoms with van der Waals surface area (Å²) in [7, 11) is -3.05.